The molecule has 0 saturated heterocycles. The molecule has 0 spiro atoms. The molecule has 2 aromatic rings. The van der Waals surface area contributed by atoms with E-state index in [1.807, 2.05) is 7.05 Å². The molecule has 3 nitrogen and oxygen atoms in total. The third-order valence-electron chi connectivity index (χ3n) is 4.71. The maximum absolute atomic E-state index is 3.47. The zero-order valence-corrected chi connectivity index (χ0v) is 13.6. The van der Waals surface area contributed by atoms with Gasteiger partial charge in [-0.05, 0) is 68.6 Å². The fraction of sp³-hybridized carbons (Fsp3) is 0.556. The lowest BCUT2D eigenvalue weighted by molar-refractivity contribution is 0.674. The molecular formula is C18H27N3. The van der Waals surface area contributed by atoms with Crippen LogP contribution in [0.4, 0.5) is 0 Å². The van der Waals surface area contributed by atoms with Crippen molar-refractivity contribution in [2.24, 2.45) is 0 Å². The van der Waals surface area contributed by atoms with Crippen molar-refractivity contribution in [1.82, 2.24) is 15.2 Å². The Morgan fingerprint density at radius 2 is 2.00 bits per heavy atom. The van der Waals surface area contributed by atoms with Crippen LogP contribution in [0.5, 0.6) is 0 Å². The van der Waals surface area contributed by atoms with E-state index in [0.717, 1.165) is 26.2 Å². The summed E-state index contributed by atoms with van der Waals surface area (Å²) >= 11 is 0. The summed E-state index contributed by atoms with van der Waals surface area (Å²) in [7, 11) is 2.03. The number of fused-ring (bicyclic) bond motifs is 2. The fourth-order valence-electron chi connectivity index (χ4n) is 3.61. The molecule has 1 aliphatic heterocycles. The van der Waals surface area contributed by atoms with Gasteiger partial charge >= 0.3 is 0 Å². The van der Waals surface area contributed by atoms with E-state index in [9.17, 15) is 0 Å². The minimum Gasteiger partial charge on any atom is -0.345 e. The molecule has 1 aromatic carbocycles. The monoisotopic (exact) mass is 285 g/mol. The van der Waals surface area contributed by atoms with Crippen LogP contribution < -0.4 is 10.6 Å². The highest BCUT2D eigenvalue weighted by atomic mass is 15.0. The summed E-state index contributed by atoms with van der Waals surface area (Å²) in [6.07, 6.45) is 3.57. The van der Waals surface area contributed by atoms with E-state index in [0.29, 0.717) is 0 Å². The Bertz CT molecular complexity index is 640. The predicted octanol–water partition coefficient (Wildman–Crippen LogP) is 3.11. The average Bonchev–Trinajstić information content (AvgIpc) is 3.03. The Hall–Kier alpha value is -1.32. The van der Waals surface area contributed by atoms with Crippen molar-refractivity contribution in [3.8, 4) is 0 Å². The highest BCUT2D eigenvalue weighted by Gasteiger charge is 2.18. The molecule has 0 unspecified atom stereocenters. The summed E-state index contributed by atoms with van der Waals surface area (Å²) in [5.74, 6) is 0. The van der Waals surface area contributed by atoms with Crippen molar-refractivity contribution < 1.29 is 0 Å². The van der Waals surface area contributed by atoms with Crippen molar-refractivity contribution >= 4 is 10.9 Å². The third-order valence-corrected chi connectivity index (χ3v) is 4.71. The first-order valence-corrected chi connectivity index (χ1v) is 8.25. The van der Waals surface area contributed by atoms with E-state index in [2.05, 4.69) is 41.2 Å². The highest BCUT2D eigenvalue weighted by molar-refractivity contribution is 5.87. The molecule has 0 atom stereocenters. The minimum absolute atomic E-state index is 1.02. The van der Waals surface area contributed by atoms with Crippen LogP contribution in [0.3, 0.4) is 0 Å². The maximum atomic E-state index is 3.47. The molecule has 3 rings (SSSR count). The summed E-state index contributed by atoms with van der Waals surface area (Å²) in [5, 5.41) is 8.22. The standard InChI is InChI=1S/C18H27N3/c1-4-8-21-13(2)16(6-5-7-19-3)17-9-14-11-20-12-15(14)10-18(17)21/h9-10,19-20H,4-8,11-12H2,1-3H3. The Kier molecular flexibility index (Phi) is 4.32. The summed E-state index contributed by atoms with van der Waals surface area (Å²) in [6.45, 7) is 8.83. The van der Waals surface area contributed by atoms with Gasteiger partial charge < -0.3 is 15.2 Å². The molecule has 0 fully saturated rings. The molecule has 0 bridgehead atoms. The molecule has 21 heavy (non-hydrogen) atoms. The van der Waals surface area contributed by atoms with Crippen molar-refractivity contribution in [3.05, 3.63) is 34.5 Å². The van der Waals surface area contributed by atoms with Gasteiger partial charge in [-0.2, -0.15) is 0 Å². The molecule has 0 aliphatic carbocycles. The molecule has 1 aliphatic rings. The molecule has 2 heterocycles. The number of benzene rings is 1. The van der Waals surface area contributed by atoms with Crippen molar-refractivity contribution in [3.63, 3.8) is 0 Å². The van der Waals surface area contributed by atoms with Gasteiger partial charge in [0, 0.05) is 36.2 Å². The van der Waals surface area contributed by atoms with Gasteiger partial charge in [0.2, 0.25) is 0 Å². The van der Waals surface area contributed by atoms with Crippen LogP contribution in [0.2, 0.25) is 0 Å². The first-order valence-electron chi connectivity index (χ1n) is 8.25. The number of rotatable bonds is 6. The van der Waals surface area contributed by atoms with Crippen LogP contribution in [-0.2, 0) is 26.1 Å². The van der Waals surface area contributed by atoms with E-state index in [-0.39, 0.29) is 0 Å². The van der Waals surface area contributed by atoms with E-state index in [4.69, 9.17) is 0 Å². The largest absolute Gasteiger partial charge is 0.345 e. The zero-order chi connectivity index (χ0) is 14.8. The van der Waals surface area contributed by atoms with E-state index in [1.54, 1.807) is 5.56 Å². The summed E-state index contributed by atoms with van der Waals surface area (Å²) < 4.78 is 2.53. The normalized spacial score (nSPS) is 14.0. The summed E-state index contributed by atoms with van der Waals surface area (Å²) in [6, 6.07) is 4.87. The van der Waals surface area contributed by atoms with Gasteiger partial charge in [0.05, 0.1) is 0 Å². The zero-order valence-electron chi connectivity index (χ0n) is 13.6. The maximum Gasteiger partial charge on any atom is 0.0488 e. The number of aromatic nitrogens is 1. The van der Waals surface area contributed by atoms with E-state index >= 15 is 0 Å². The second-order valence-corrected chi connectivity index (χ2v) is 6.16. The molecule has 2 N–H and O–H groups in total. The van der Waals surface area contributed by atoms with Crippen molar-refractivity contribution in [2.45, 2.75) is 52.7 Å². The first kappa shape index (κ1) is 14.6. The quantitative estimate of drug-likeness (QED) is 0.799. The van der Waals surface area contributed by atoms with Crippen LogP contribution in [0.1, 0.15) is 42.1 Å². The lowest BCUT2D eigenvalue weighted by atomic mass is 10.0. The minimum atomic E-state index is 1.02. The molecule has 0 radical (unpaired) electrons. The van der Waals surface area contributed by atoms with Gasteiger partial charge in [0.15, 0.2) is 0 Å². The Balaban J connectivity index is 2.09. The van der Waals surface area contributed by atoms with Crippen molar-refractivity contribution in [2.75, 3.05) is 13.6 Å². The molecular weight excluding hydrogens is 258 g/mol. The van der Waals surface area contributed by atoms with Crippen LogP contribution in [0, 0.1) is 6.92 Å². The van der Waals surface area contributed by atoms with Crippen LogP contribution in [0.25, 0.3) is 10.9 Å². The Morgan fingerprint density at radius 1 is 1.24 bits per heavy atom. The SMILES string of the molecule is CCCn1c(C)c(CCCNC)c2cc3c(cc21)CNC3. The number of nitrogens with one attached hydrogen (secondary N) is 2. The van der Waals surface area contributed by atoms with Gasteiger partial charge in [-0.1, -0.05) is 6.92 Å². The molecule has 114 valence electrons. The second-order valence-electron chi connectivity index (χ2n) is 6.16. The smallest absolute Gasteiger partial charge is 0.0488 e. The summed E-state index contributed by atoms with van der Waals surface area (Å²) in [4.78, 5) is 0. The average molecular weight is 285 g/mol. The van der Waals surface area contributed by atoms with Gasteiger partial charge in [-0.3, -0.25) is 0 Å². The highest BCUT2D eigenvalue weighted by Crippen LogP contribution is 2.31. The van der Waals surface area contributed by atoms with Gasteiger partial charge in [0.1, 0.15) is 0 Å². The molecule has 0 amide bonds. The van der Waals surface area contributed by atoms with E-state index < -0.39 is 0 Å². The lowest BCUT2D eigenvalue weighted by Gasteiger charge is -2.07. The third kappa shape index (κ3) is 2.60. The summed E-state index contributed by atoms with van der Waals surface area (Å²) in [5.41, 5.74) is 7.45. The van der Waals surface area contributed by atoms with Crippen LogP contribution >= 0.6 is 0 Å². The molecule has 1 aromatic heterocycles. The van der Waals surface area contributed by atoms with Crippen molar-refractivity contribution in [1.29, 1.82) is 0 Å². The van der Waals surface area contributed by atoms with Gasteiger partial charge in [-0.25, -0.2) is 0 Å². The lowest BCUT2D eigenvalue weighted by Crippen LogP contribution is -2.08. The fourth-order valence-corrected chi connectivity index (χ4v) is 3.61. The van der Waals surface area contributed by atoms with Crippen LogP contribution in [0.15, 0.2) is 12.1 Å². The first-order chi connectivity index (χ1) is 10.3. The predicted molar refractivity (Wildman–Crippen MR) is 89.8 cm³/mol. The number of nitrogens with zero attached hydrogens (tertiary/aromatic N) is 1. The number of hydrogen-bond donors (Lipinski definition) is 2. The van der Waals surface area contributed by atoms with Gasteiger partial charge in [-0.15, -0.1) is 0 Å². The molecule has 3 heteroatoms. The molecule has 0 saturated carbocycles. The second kappa shape index (κ2) is 6.20. The Morgan fingerprint density at radius 3 is 2.71 bits per heavy atom. The Labute approximate surface area is 127 Å². The number of aryl methyl sites for hydroxylation is 2. The van der Waals surface area contributed by atoms with Crippen LogP contribution in [-0.4, -0.2) is 18.2 Å². The van der Waals surface area contributed by atoms with E-state index in [1.165, 1.54) is 47.0 Å². The topological polar surface area (TPSA) is 29.0 Å². The van der Waals surface area contributed by atoms with Gasteiger partial charge in [0.25, 0.3) is 0 Å². The number of hydrogen-bond acceptors (Lipinski definition) is 2.